The maximum absolute atomic E-state index is 11.7. The summed E-state index contributed by atoms with van der Waals surface area (Å²) in [5.74, 6) is 0.573. The largest absolute Gasteiger partial charge is 0.462 e. The van der Waals surface area contributed by atoms with Crippen LogP contribution in [0.2, 0.25) is 0 Å². The number of esters is 1. The van der Waals surface area contributed by atoms with Gasteiger partial charge in [0.1, 0.15) is 10.7 Å². The fourth-order valence-corrected chi connectivity index (χ4v) is 2.71. The first-order valence-electron chi connectivity index (χ1n) is 6.26. The molecule has 0 amide bonds. The standard InChI is InChI=1S/C13H18N4O2S/c1-4-19-13(18)12-9(14)7-11(20-12)17(3)8-10-15-5-6-16(10)2/h5-7H,4,8,14H2,1-3H3. The highest BCUT2D eigenvalue weighted by Crippen LogP contribution is 2.32. The van der Waals surface area contributed by atoms with Gasteiger partial charge in [-0.15, -0.1) is 11.3 Å². The lowest BCUT2D eigenvalue weighted by Gasteiger charge is -2.16. The molecule has 0 fully saturated rings. The van der Waals surface area contributed by atoms with E-state index in [-0.39, 0.29) is 5.97 Å². The van der Waals surface area contributed by atoms with Gasteiger partial charge in [-0.1, -0.05) is 0 Å². The third-order valence-corrected chi connectivity index (χ3v) is 4.13. The van der Waals surface area contributed by atoms with Crippen molar-refractivity contribution in [1.29, 1.82) is 0 Å². The number of anilines is 2. The van der Waals surface area contributed by atoms with Crippen molar-refractivity contribution >= 4 is 28.0 Å². The number of hydrogen-bond donors (Lipinski definition) is 1. The van der Waals surface area contributed by atoms with Gasteiger partial charge >= 0.3 is 5.97 Å². The molecule has 2 aromatic rings. The quantitative estimate of drug-likeness (QED) is 0.852. The molecule has 2 aromatic heterocycles. The van der Waals surface area contributed by atoms with Crippen LogP contribution >= 0.6 is 11.3 Å². The maximum Gasteiger partial charge on any atom is 0.350 e. The van der Waals surface area contributed by atoms with E-state index in [9.17, 15) is 4.79 Å². The van der Waals surface area contributed by atoms with Gasteiger partial charge in [0.05, 0.1) is 23.8 Å². The van der Waals surface area contributed by atoms with Crippen molar-refractivity contribution < 1.29 is 9.53 Å². The Labute approximate surface area is 121 Å². The molecule has 20 heavy (non-hydrogen) atoms. The molecular formula is C13H18N4O2S. The summed E-state index contributed by atoms with van der Waals surface area (Å²) >= 11 is 1.33. The highest BCUT2D eigenvalue weighted by molar-refractivity contribution is 7.18. The number of nitrogens with zero attached hydrogens (tertiary/aromatic N) is 3. The summed E-state index contributed by atoms with van der Waals surface area (Å²) in [7, 11) is 3.89. The van der Waals surface area contributed by atoms with E-state index in [4.69, 9.17) is 10.5 Å². The van der Waals surface area contributed by atoms with Crippen LogP contribution in [0.1, 0.15) is 22.4 Å². The molecule has 0 saturated heterocycles. The molecule has 0 aliphatic heterocycles. The normalized spacial score (nSPS) is 10.6. The average Bonchev–Trinajstić information content (AvgIpc) is 2.97. The number of hydrogen-bond acceptors (Lipinski definition) is 6. The predicted molar refractivity (Wildman–Crippen MR) is 80.0 cm³/mol. The van der Waals surface area contributed by atoms with Gasteiger partial charge in [0, 0.05) is 26.5 Å². The zero-order valence-corrected chi connectivity index (χ0v) is 12.6. The second-order valence-corrected chi connectivity index (χ2v) is 5.43. The first kappa shape index (κ1) is 14.4. The Morgan fingerprint density at radius 2 is 2.35 bits per heavy atom. The number of carbonyl (C=O) groups is 1. The molecule has 0 atom stereocenters. The van der Waals surface area contributed by atoms with E-state index >= 15 is 0 Å². The average molecular weight is 294 g/mol. The van der Waals surface area contributed by atoms with E-state index in [1.54, 1.807) is 19.2 Å². The van der Waals surface area contributed by atoms with Crippen molar-refractivity contribution in [1.82, 2.24) is 9.55 Å². The van der Waals surface area contributed by atoms with Crippen LogP contribution in [0, 0.1) is 0 Å². The summed E-state index contributed by atoms with van der Waals surface area (Å²) in [5.41, 5.74) is 6.33. The van der Waals surface area contributed by atoms with Crippen molar-refractivity contribution in [2.24, 2.45) is 7.05 Å². The van der Waals surface area contributed by atoms with Gasteiger partial charge in [0.25, 0.3) is 0 Å². The predicted octanol–water partition coefficient (Wildman–Crippen LogP) is 1.88. The minimum atomic E-state index is -0.369. The van der Waals surface area contributed by atoms with Gasteiger partial charge in [-0.25, -0.2) is 9.78 Å². The van der Waals surface area contributed by atoms with Crippen molar-refractivity contribution in [3.8, 4) is 0 Å². The molecule has 7 heteroatoms. The van der Waals surface area contributed by atoms with Crippen molar-refractivity contribution in [3.05, 3.63) is 29.2 Å². The van der Waals surface area contributed by atoms with Crippen molar-refractivity contribution in [3.63, 3.8) is 0 Å². The molecule has 0 bridgehead atoms. The molecule has 0 spiro atoms. The first-order valence-corrected chi connectivity index (χ1v) is 7.08. The van der Waals surface area contributed by atoms with Gasteiger partial charge in [-0.2, -0.15) is 0 Å². The lowest BCUT2D eigenvalue weighted by molar-refractivity contribution is 0.0533. The molecular weight excluding hydrogens is 276 g/mol. The van der Waals surface area contributed by atoms with E-state index in [0.717, 1.165) is 10.8 Å². The number of aromatic nitrogens is 2. The molecule has 2 heterocycles. The minimum Gasteiger partial charge on any atom is -0.462 e. The number of nitrogen functional groups attached to an aromatic ring is 1. The Balaban J connectivity index is 2.15. The smallest absolute Gasteiger partial charge is 0.350 e. The maximum atomic E-state index is 11.7. The zero-order chi connectivity index (χ0) is 14.7. The van der Waals surface area contributed by atoms with Gasteiger partial charge in [0.2, 0.25) is 0 Å². The van der Waals surface area contributed by atoms with Gasteiger partial charge in [0.15, 0.2) is 0 Å². The molecule has 2 N–H and O–H groups in total. The first-order chi connectivity index (χ1) is 9.52. The molecule has 0 aliphatic carbocycles. The van der Waals surface area contributed by atoms with Crippen LogP contribution in [0.5, 0.6) is 0 Å². The lowest BCUT2D eigenvalue weighted by Crippen LogP contribution is -2.17. The lowest BCUT2D eigenvalue weighted by atomic mass is 10.4. The number of thiophene rings is 1. The molecule has 0 aliphatic rings. The van der Waals surface area contributed by atoms with E-state index in [2.05, 4.69) is 4.98 Å². The van der Waals surface area contributed by atoms with Crippen LogP contribution in [-0.4, -0.2) is 29.2 Å². The third-order valence-electron chi connectivity index (χ3n) is 2.88. The number of carbonyl (C=O) groups excluding carboxylic acids is 1. The fraction of sp³-hybridized carbons (Fsp3) is 0.385. The second kappa shape index (κ2) is 5.96. The Morgan fingerprint density at radius 1 is 1.60 bits per heavy atom. The SMILES string of the molecule is CCOC(=O)c1sc(N(C)Cc2nccn2C)cc1N. The molecule has 6 nitrogen and oxygen atoms in total. The van der Waals surface area contributed by atoms with E-state index in [0.29, 0.717) is 23.7 Å². The Kier molecular flexibility index (Phi) is 4.29. The van der Waals surface area contributed by atoms with E-state index in [1.807, 2.05) is 29.8 Å². The Hall–Kier alpha value is -2.02. The van der Waals surface area contributed by atoms with Crippen molar-refractivity contribution in [2.45, 2.75) is 13.5 Å². The summed E-state index contributed by atoms with van der Waals surface area (Å²) in [5, 5.41) is 0.911. The number of rotatable bonds is 5. The summed E-state index contributed by atoms with van der Waals surface area (Å²) in [4.78, 5) is 18.5. The molecule has 0 aromatic carbocycles. The van der Waals surface area contributed by atoms with Gasteiger partial charge < -0.3 is 19.9 Å². The summed E-state index contributed by atoms with van der Waals surface area (Å²) in [6.45, 7) is 2.76. The molecule has 108 valence electrons. The highest BCUT2D eigenvalue weighted by atomic mass is 32.1. The van der Waals surface area contributed by atoms with E-state index < -0.39 is 0 Å². The third kappa shape index (κ3) is 2.93. The number of ether oxygens (including phenoxy) is 1. The zero-order valence-electron chi connectivity index (χ0n) is 11.8. The number of imidazole rings is 1. The topological polar surface area (TPSA) is 73.4 Å². The van der Waals surface area contributed by atoms with Gasteiger partial charge in [-0.3, -0.25) is 0 Å². The van der Waals surface area contributed by atoms with Crippen molar-refractivity contribution in [2.75, 3.05) is 24.3 Å². The van der Waals surface area contributed by atoms with Crippen LogP contribution < -0.4 is 10.6 Å². The second-order valence-electron chi connectivity index (χ2n) is 4.40. The van der Waals surface area contributed by atoms with Crippen LogP contribution in [-0.2, 0) is 18.3 Å². The summed E-state index contributed by atoms with van der Waals surface area (Å²) < 4.78 is 6.94. The minimum absolute atomic E-state index is 0.342. The van der Waals surface area contributed by atoms with E-state index in [1.165, 1.54) is 11.3 Å². The molecule has 0 saturated carbocycles. The van der Waals surface area contributed by atoms with Crippen LogP contribution in [0.4, 0.5) is 10.7 Å². The van der Waals surface area contributed by atoms with Crippen LogP contribution in [0.15, 0.2) is 18.5 Å². The van der Waals surface area contributed by atoms with Crippen LogP contribution in [0.25, 0.3) is 0 Å². The summed E-state index contributed by atoms with van der Waals surface area (Å²) in [6, 6.07) is 1.79. The molecule has 2 rings (SSSR count). The molecule has 0 unspecified atom stereocenters. The Bertz CT molecular complexity index is 605. The number of nitrogens with two attached hydrogens (primary N) is 1. The monoisotopic (exact) mass is 294 g/mol. The van der Waals surface area contributed by atoms with Gasteiger partial charge in [-0.05, 0) is 13.0 Å². The fourth-order valence-electron chi connectivity index (χ4n) is 1.77. The van der Waals surface area contributed by atoms with Crippen LogP contribution in [0.3, 0.4) is 0 Å². The number of aryl methyl sites for hydroxylation is 1. The summed E-state index contributed by atoms with van der Waals surface area (Å²) in [6.07, 6.45) is 3.66. The Morgan fingerprint density at radius 3 is 2.95 bits per heavy atom. The molecule has 0 radical (unpaired) electrons. The highest BCUT2D eigenvalue weighted by Gasteiger charge is 2.17.